The van der Waals surface area contributed by atoms with Crippen molar-refractivity contribution in [2.75, 3.05) is 5.32 Å². The van der Waals surface area contributed by atoms with E-state index in [0.29, 0.717) is 10.4 Å². The summed E-state index contributed by atoms with van der Waals surface area (Å²) in [5, 5.41) is 2.91. The number of nitrogens with one attached hydrogen (secondary N) is 3. The molecule has 0 aliphatic heterocycles. The van der Waals surface area contributed by atoms with Gasteiger partial charge in [-0.05, 0) is 58.6 Å². The predicted molar refractivity (Wildman–Crippen MR) is 98.5 cm³/mol. The molecule has 1 fully saturated rings. The highest BCUT2D eigenvalue weighted by Gasteiger charge is 2.25. The van der Waals surface area contributed by atoms with Crippen molar-refractivity contribution in [1.29, 1.82) is 0 Å². The van der Waals surface area contributed by atoms with Crippen LogP contribution in [0.3, 0.4) is 0 Å². The standard InChI is InChI=1S/C18H18BrN3O3/c1-11(21-22-18(24)15-9-10-16(19)25-15)12-5-7-14(8-6-12)20-17(23)13-3-2-4-13/h5-10,13,21H,1-4H2,(H,20,23)(H,22,24). The third kappa shape index (κ3) is 4.30. The second-order valence-corrected chi connectivity index (χ2v) is 6.64. The molecule has 0 radical (unpaired) electrons. The van der Waals surface area contributed by atoms with Crippen molar-refractivity contribution in [3.8, 4) is 0 Å². The van der Waals surface area contributed by atoms with Crippen LogP contribution in [0.2, 0.25) is 0 Å². The van der Waals surface area contributed by atoms with Gasteiger partial charge in [-0.3, -0.25) is 20.4 Å². The normalized spacial score (nSPS) is 13.6. The van der Waals surface area contributed by atoms with Crippen LogP contribution in [-0.2, 0) is 4.79 Å². The van der Waals surface area contributed by atoms with E-state index in [0.717, 1.165) is 30.5 Å². The van der Waals surface area contributed by atoms with Gasteiger partial charge in [-0.25, -0.2) is 0 Å². The predicted octanol–water partition coefficient (Wildman–Crippen LogP) is 3.69. The number of carbonyl (C=O) groups is 2. The van der Waals surface area contributed by atoms with Crippen LogP contribution in [0, 0.1) is 5.92 Å². The minimum absolute atomic E-state index is 0.0767. The Morgan fingerprint density at radius 2 is 1.80 bits per heavy atom. The Kier molecular flexibility index (Phi) is 5.23. The lowest BCUT2D eigenvalue weighted by Gasteiger charge is -2.24. The van der Waals surface area contributed by atoms with Gasteiger partial charge in [0.15, 0.2) is 10.4 Å². The molecule has 1 aromatic heterocycles. The zero-order chi connectivity index (χ0) is 17.8. The highest BCUT2D eigenvalue weighted by atomic mass is 79.9. The molecule has 0 spiro atoms. The van der Waals surface area contributed by atoms with Crippen LogP contribution in [-0.4, -0.2) is 11.8 Å². The third-order valence-corrected chi connectivity index (χ3v) is 4.53. The minimum Gasteiger partial charge on any atom is -0.444 e. The van der Waals surface area contributed by atoms with Crippen molar-refractivity contribution in [3.63, 3.8) is 0 Å². The van der Waals surface area contributed by atoms with Crippen LogP contribution < -0.4 is 16.2 Å². The molecule has 0 bridgehead atoms. The van der Waals surface area contributed by atoms with Gasteiger partial charge in [0.25, 0.3) is 0 Å². The first-order chi connectivity index (χ1) is 12.0. The van der Waals surface area contributed by atoms with Crippen LogP contribution in [0.5, 0.6) is 0 Å². The van der Waals surface area contributed by atoms with Crippen molar-refractivity contribution in [1.82, 2.24) is 10.9 Å². The summed E-state index contributed by atoms with van der Waals surface area (Å²) in [6.45, 7) is 3.88. The minimum atomic E-state index is -0.406. The fourth-order valence-corrected chi connectivity index (χ4v) is 2.68. The van der Waals surface area contributed by atoms with E-state index in [1.807, 2.05) is 24.3 Å². The maximum absolute atomic E-state index is 11.9. The molecule has 1 heterocycles. The summed E-state index contributed by atoms with van der Waals surface area (Å²) < 4.78 is 5.65. The number of anilines is 1. The summed E-state index contributed by atoms with van der Waals surface area (Å²) in [6.07, 6.45) is 3.07. The number of carbonyl (C=O) groups excluding carboxylic acids is 2. The smallest absolute Gasteiger partial charge is 0.305 e. The maximum Gasteiger partial charge on any atom is 0.305 e. The van der Waals surface area contributed by atoms with Crippen LogP contribution in [0.15, 0.2) is 52.1 Å². The largest absolute Gasteiger partial charge is 0.444 e. The third-order valence-electron chi connectivity index (χ3n) is 4.10. The molecule has 3 rings (SSSR count). The molecule has 3 N–H and O–H groups in total. The first-order valence-corrected chi connectivity index (χ1v) is 8.74. The Balaban J connectivity index is 1.51. The van der Waals surface area contributed by atoms with E-state index in [1.165, 1.54) is 0 Å². The van der Waals surface area contributed by atoms with Gasteiger partial charge in [-0.1, -0.05) is 25.1 Å². The van der Waals surface area contributed by atoms with E-state index in [2.05, 4.69) is 38.7 Å². The fourth-order valence-electron chi connectivity index (χ4n) is 2.37. The van der Waals surface area contributed by atoms with Gasteiger partial charge in [-0.2, -0.15) is 0 Å². The van der Waals surface area contributed by atoms with E-state index >= 15 is 0 Å². The van der Waals surface area contributed by atoms with Gasteiger partial charge in [0.1, 0.15) is 0 Å². The van der Waals surface area contributed by atoms with Crippen LogP contribution in [0.1, 0.15) is 35.4 Å². The van der Waals surface area contributed by atoms with Crippen molar-refractivity contribution >= 4 is 39.1 Å². The Morgan fingerprint density at radius 1 is 1.08 bits per heavy atom. The Labute approximate surface area is 153 Å². The number of furan rings is 1. The molecule has 1 aliphatic rings. The quantitative estimate of drug-likeness (QED) is 0.642. The molecule has 2 aromatic rings. The number of hydrazine groups is 1. The highest BCUT2D eigenvalue weighted by Crippen LogP contribution is 2.27. The number of benzene rings is 1. The van der Waals surface area contributed by atoms with E-state index in [1.54, 1.807) is 12.1 Å². The number of halogens is 1. The van der Waals surface area contributed by atoms with Crippen LogP contribution in [0.4, 0.5) is 5.69 Å². The molecule has 25 heavy (non-hydrogen) atoms. The maximum atomic E-state index is 11.9. The van der Waals surface area contributed by atoms with Crippen molar-refractivity contribution < 1.29 is 14.0 Å². The van der Waals surface area contributed by atoms with Gasteiger partial charge >= 0.3 is 5.91 Å². The highest BCUT2D eigenvalue weighted by molar-refractivity contribution is 9.10. The summed E-state index contributed by atoms with van der Waals surface area (Å²) in [6, 6.07) is 10.5. The Hall–Kier alpha value is -2.54. The lowest BCUT2D eigenvalue weighted by molar-refractivity contribution is -0.122. The molecule has 0 atom stereocenters. The summed E-state index contributed by atoms with van der Waals surface area (Å²) in [7, 11) is 0. The molecule has 1 aliphatic carbocycles. The molecule has 2 amide bonds. The van der Waals surface area contributed by atoms with E-state index in [-0.39, 0.29) is 17.6 Å². The van der Waals surface area contributed by atoms with E-state index < -0.39 is 5.91 Å². The lowest BCUT2D eigenvalue weighted by Crippen LogP contribution is -2.35. The zero-order valence-electron chi connectivity index (χ0n) is 13.5. The summed E-state index contributed by atoms with van der Waals surface area (Å²) >= 11 is 3.14. The topological polar surface area (TPSA) is 83.4 Å². The average molecular weight is 404 g/mol. The number of hydrogen-bond donors (Lipinski definition) is 3. The monoisotopic (exact) mass is 403 g/mol. The molecular formula is C18H18BrN3O3. The van der Waals surface area contributed by atoms with Gasteiger partial charge in [0.05, 0.1) is 5.70 Å². The molecule has 7 heteroatoms. The van der Waals surface area contributed by atoms with E-state index in [9.17, 15) is 9.59 Å². The summed E-state index contributed by atoms with van der Waals surface area (Å²) in [5.74, 6) is -0.00144. The van der Waals surface area contributed by atoms with Gasteiger partial charge < -0.3 is 9.73 Å². The van der Waals surface area contributed by atoms with Crippen LogP contribution in [0.25, 0.3) is 5.70 Å². The lowest BCUT2D eigenvalue weighted by atomic mass is 9.85. The number of rotatable bonds is 6. The van der Waals surface area contributed by atoms with Gasteiger partial charge in [-0.15, -0.1) is 0 Å². The molecular weight excluding hydrogens is 386 g/mol. The number of hydrogen-bond acceptors (Lipinski definition) is 4. The second-order valence-electron chi connectivity index (χ2n) is 5.86. The molecule has 1 aromatic carbocycles. The summed E-state index contributed by atoms with van der Waals surface area (Å²) in [4.78, 5) is 23.8. The number of amides is 2. The van der Waals surface area contributed by atoms with Gasteiger partial charge in [0, 0.05) is 11.6 Å². The second kappa shape index (κ2) is 7.57. The molecule has 6 nitrogen and oxygen atoms in total. The van der Waals surface area contributed by atoms with Crippen LogP contribution >= 0.6 is 15.9 Å². The van der Waals surface area contributed by atoms with Crippen molar-refractivity contribution in [3.05, 3.63) is 59.0 Å². The molecule has 0 saturated heterocycles. The van der Waals surface area contributed by atoms with Crippen molar-refractivity contribution in [2.24, 2.45) is 5.92 Å². The first-order valence-electron chi connectivity index (χ1n) is 7.95. The molecule has 1 saturated carbocycles. The Morgan fingerprint density at radius 3 is 2.36 bits per heavy atom. The van der Waals surface area contributed by atoms with Gasteiger partial charge in [0.2, 0.25) is 5.91 Å². The SMILES string of the molecule is C=C(NNC(=O)c1ccc(Br)o1)c1ccc(NC(=O)C2CCC2)cc1. The zero-order valence-corrected chi connectivity index (χ0v) is 15.1. The fraction of sp³-hybridized carbons (Fsp3) is 0.222. The molecule has 0 unspecified atom stereocenters. The molecule has 130 valence electrons. The Bertz CT molecular complexity index is 794. The van der Waals surface area contributed by atoms with Crippen molar-refractivity contribution in [2.45, 2.75) is 19.3 Å². The average Bonchev–Trinajstić information content (AvgIpc) is 2.98. The first kappa shape index (κ1) is 17.3. The summed E-state index contributed by atoms with van der Waals surface area (Å²) in [5.41, 5.74) is 7.33. The van der Waals surface area contributed by atoms with E-state index in [4.69, 9.17) is 4.42 Å².